The Balaban J connectivity index is 2.71. The number of rotatable bonds is 2. The average Bonchev–Trinajstić information content (AvgIpc) is 2.27. The van der Waals surface area contributed by atoms with Crippen LogP contribution in [0.25, 0.3) is 10.9 Å². The molecule has 16 heavy (non-hydrogen) atoms. The maximum Gasteiger partial charge on any atom is 0.280 e. The Hall–Kier alpha value is -1.65. The number of fused-ring (bicyclic) bond motifs is 1. The van der Waals surface area contributed by atoms with Crippen LogP contribution in [0.4, 0.5) is 17.6 Å². The summed E-state index contributed by atoms with van der Waals surface area (Å²) in [5, 5.41) is 0.433. The summed E-state index contributed by atoms with van der Waals surface area (Å²) < 4.78 is 50.1. The van der Waals surface area contributed by atoms with Gasteiger partial charge in [0.25, 0.3) is 12.9 Å². The van der Waals surface area contributed by atoms with Gasteiger partial charge in [-0.05, 0) is 12.1 Å². The molecule has 0 amide bonds. The zero-order valence-electron chi connectivity index (χ0n) is 8.00. The second kappa shape index (κ2) is 4.08. The Morgan fingerprint density at radius 3 is 2.25 bits per heavy atom. The highest BCUT2D eigenvalue weighted by molar-refractivity contribution is 5.79. The predicted molar refractivity (Wildman–Crippen MR) is 51.7 cm³/mol. The minimum absolute atomic E-state index is 0.294. The fourth-order valence-electron chi connectivity index (χ4n) is 1.50. The highest BCUT2D eigenvalue weighted by Gasteiger charge is 2.21. The summed E-state index contributed by atoms with van der Waals surface area (Å²) >= 11 is 0. The van der Waals surface area contributed by atoms with Gasteiger partial charge in [0.2, 0.25) is 0 Å². The Morgan fingerprint density at radius 1 is 0.938 bits per heavy atom. The van der Waals surface area contributed by atoms with E-state index in [2.05, 4.69) is 4.98 Å². The van der Waals surface area contributed by atoms with Crippen LogP contribution in [0.3, 0.4) is 0 Å². The number of hydrogen-bond donors (Lipinski definition) is 0. The van der Waals surface area contributed by atoms with E-state index >= 15 is 0 Å². The molecular weight excluding hydrogens is 222 g/mol. The van der Waals surface area contributed by atoms with Gasteiger partial charge in [-0.25, -0.2) is 22.5 Å². The van der Waals surface area contributed by atoms with Crippen molar-refractivity contribution < 1.29 is 17.6 Å². The first kappa shape index (κ1) is 10.9. The van der Waals surface area contributed by atoms with Crippen LogP contribution >= 0.6 is 0 Å². The lowest BCUT2D eigenvalue weighted by Crippen LogP contribution is -1.99. The molecule has 84 valence electrons. The molecule has 0 spiro atoms. The molecular formula is C11H7F4N. The number of alkyl halides is 4. The van der Waals surface area contributed by atoms with Crippen LogP contribution in [-0.4, -0.2) is 4.98 Å². The minimum Gasteiger partial charge on any atom is -0.246 e. The number of pyridine rings is 1. The van der Waals surface area contributed by atoms with Crippen molar-refractivity contribution in [3.8, 4) is 0 Å². The predicted octanol–water partition coefficient (Wildman–Crippen LogP) is 4.11. The maximum absolute atomic E-state index is 12.5. The van der Waals surface area contributed by atoms with Crippen LogP contribution < -0.4 is 0 Å². The van der Waals surface area contributed by atoms with Crippen molar-refractivity contribution in [1.82, 2.24) is 4.98 Å². The average molecular weight is 229 g/mol. The van der Waals surface area contributed by atoms with Gasteiger partial charge < -0.3 is 0 Å². The smallest absolute Gasteiger partial charge is 0.246 e. The molecule has 0 aliphatic heterocycles. The molecule has 0 aliphatic carbocycles. The number of benzene rings is 1. The van der Waals surface area contributed by atoms with E-state index in [1.807, 2.05) is 0 Å². The Kier molecular flexibility index (Phi) is 2.77. The molecule has 0 aliphatic rings. The number of aromatic nitrogens is 1. The van der Waals surface area contributed by atoms with Crippen molar-refractivity contribution in [2.24, 2.45) is 0 Å². The van der Waals surface area contributed by atoms with E-state index in [0.717, 1.165) is 6.07 Å². The minimum atomic E-state index is -2.99. The molecule has 0 saturated heterocycles. The third-order valence-corrected chi connectivity index (χ3v) is 2.23. The summed E-state index contributed by atoms with van der Waals surface area (Å²) in [5.41, 5.74) is -1.25. The molecule has 1 aromatic carbocycles. The van der Waals surface area contributed by atoms with Gasteiger partial charge in [0.05, 0.1) is 5.52 Å². The standard InChI is InChI=1S/C11H7F4N/c12-10(13)7-5-6-3-1-2-4-8(6)16-9(7)11(14)15/h1-5,10-11H. The van der Waals surface area contributed by atoms with Crippen molar-refractivity contribution in [3.05, 3.63) is 41.6 Å². The molecule has 0 fully saturated rings. The largest absolute Gasteiger partial charge is 0.280 e. The molecule has 0 N–H and O–H groups in total. The van der Waals surface area contributed by atoms with E-state index in [4.69, 9.17) is 0 Å². The topological polar surface area (TPSA) is 12.9 Å². The molecule has 1 heterocycles. The fraction of sp³-hybridized carbons (Fsp3) is 0.182. The highest BCUT2D eigenvalue weighted by atomic mass is 19.3. The Labute approximate surface area is 88.7 Å². The van der Waals surface area contributed by atoms with Crippen LogP contribution in [0.15, 0.2) is 30.3 Å². The van der Waals surface area contributed by atoms with Gasteiger partial charge in [0.1, 0.15) is 5.69 Å². The van der Waals surface area contributed by atoms with Crippen molar-refractivity contribution in [2.45, 2.75) is 12.9 Å². The number of para-hydroxylation sites is 1. The zero-order chi connectivity index (χ0) is 11.7. The third-order valence-electron chi connectivity index (χ3n) is 2.23. The number of hydrogen-bond acceptors (Lipinski definition) is 1. The fourth-order valence-corrected chi connectivity index (χ4v) is 1.50. The van der Waals surface area contributed by atoms with Crippen LogP contribution in [0.2, 0.25) is 0 Å². The summed E-state index contributed by atoms with van der Waals surface area (Å²) in [7, 11) is 0. The van der Waals surface area contributed by atoms with Crippen LogP contribution in [-0.2, 0) is 0 Å². The summed E-state index contributed by atoms with van der Waals surface area (Å²) in [4.78, 5) is 3.57. The van der Waals surface area contributed by atoms with Crippen molar-refractivity contribution in [2.75, 3.05) is 0 Å². The van der Waals surface area contributed by atoms with E-state index in [0.29, 0.717) is 10.9 Å². The molecule has 1 aromatic heterocycles. The number of nitrogens with zero attached hydrogens (tertiary/aromatic N) is 1. The maximum atomic E-state index is 12.5. The molecule has 0 unspecified atom stereocenters. The van der Waals surface area contributed by atoms with Gasteiger partial charge in [0, 0.05) is 10.9 Å². The van der Waals surface area contributed by atoms with E-state index < -0.39 is 24.1 Å². The van der Waals surface area contributed by atoms with Gasteiger partial charge in [-0.3, -0.25) is 0 Å². The molecule has 0 atom stereocenters. The second-order valence-corrected chi connectivity index (χ2v) is 3.26. The summed E-state index contributed by atoms with van der Waals surface area (Å²) in [5.74, 6) is 0. The first-order valence-electron chi connectivity index (χ1n) is 4.55. The highest BCUT2D eigenvalue weighted by Crippen LogP contribution is 2.31. The van der Waals surface area contributed by atoms with Gasteiger partial charge >= 0.3 is 0 Å². The number of halogens is 4. The van der Waals surface area contributed by atoms with Crippen molar-refractivity contribution >= 4 is 10.9 Å². The Morgan fingerprint density at radius 2 is 1.62 bits per heavy atom. The van der Waals surface area contributed by atoms with Crippen molar-refractivity contribution in [1.29, 1.82) is 0 Å². The molecule has 0 saturated carbocycles. The van der Waals surface area contributed by atoms with E-state index in [1.54, 1.807) is 18.2 Å². The van der Waals surface area contributed by atoms with E-state index in [-0.39, 0.29) is 0 Å². The van der Waals surface area contributed by atoms with Gasteiger partial charge in [-0.15, -0.1) is 0 Å². The first-order chi connectivity index (χ1) is 7.59. The normalized spacial score (nSPS) is 11.6. The van der Waals surface area contributed by atoms with Crippen molar-refractivity contribution in [3.63, 3.8) is 0 Å². The van der Waals surface area contributed by atoms with Gasteiger partial charge in [-0.1, -0.05) is 18.2 Å². The first-order valence-corrected chi connectivity index (χ1v) is 4.55. The molecule has 0 radical (unpaired) electrons. The van der Waals surface area contributed by atoms with Gasteiger partial charge in [0.15, 0.2) is 0 Å². The van der Waals surface area contributed by atoms with E-state index in [1.165, 1.54) is 6.07 Å². The van der Waals surface area contributed by atoms with Gasteiger partial charge in [-0.2, -0.15) is 0 Å². The lowest BCUT2D eigenvalue weighted by Gasteiger charge is -2.08. The van der Waals surface area contributed by atoms with Crippen LogP contribution in [0.1, 0.15) is 24.1 Å². The monoisotopic (exact) mass is 229 g/mol. The molecule has 2 rings (SSSR count). The summed E-state index contributed by atoms with van der Waals surface area (Å²) in [6, 6.07) is 7.39. The molecule has 1 nitrogen and oxygen atoms in total. The second-order valence-electron chi connectivity index (χ2n) is 3.26. The third kappa shape index (κ3) is 1.85. The zero-order valence-corrected chi connectivity index (χ0v) is 8.00. The Bertz CT molecular complexity index is 464. The quantitative estimate of drug-likeness (QED) is 0.706. The lowest BCUT2D eigenvalue weighted by atomic mass is 10.1. The summed E-state index contributed by atoms with van der Waals surface area (Å²) in [6.07, 6.45) is -5.94. The molecule has 0 bridgehead atoms. The van der Waals surface area contributed by atoms with E-state index in [9.17, 15) is 17.6 Å². The van der Waals surface area contributed by atoms with Crippen LogP contribution in [0.5, 0.6) is 0 Å². The molecule has 2 aromatic rings. The molecule has 5 heteroatoms. The summed E-state index contributed by atoms with van der Waals surface area (Å²) in [6.45, 7) is 0. The SMILES string of the molecule is FC(F)c1cc2ccccc2nc1C(F)F. The lowest BCUT2D eigenvalue weighted by molar-refractivity contribution is 0.120. The van der Waals surface area contributed by atoms with Crippen LogP contribution in [0, 0.1) is 0 Å².